The number of carbonyl (C=O) groups is 2. The highest BCUT2D eigenvalue weighted by molar-refractivity contribution is 6.08. The van der Waals surface area contributed by atoms with E-state index in [9.17, 15) is 9.59 Å². The number of rotatable bonds is 4. The lowest BCUT2D eigenvalue weighted by Gasteiger charge is -2.10. The predicted octanol–water partition coefficient (Wildman–Crippen LogP) is 2.67. The minimum absolute atomic E-state index is 0.131. The van der Waals surface area contributed by atoms with Crippen LogP contribution in [0, 0.1) is 11.3 Å². The molecule has 23 heavy (non-hydrogen) atoms. The van der Waals surface area contributed by atoms with Crippen LogP contribution in [0.1, 0.15) is 18.1 Å². The maximum Gasteiger partial charge on any atom is 0.272 e. The third kappa shape index (κ3) is 4.83. The molecule has 2 amide bonds. The molecule has 0 heterocycles. The van der Waals surface area contributed by atoms with Crippen molar-refractivity contribution in [3.63, 3.8) is 0 Å². The van der Waals surface area contributed by atoms with Crippen LogP contribution in [0.5, 0.6) is 0 Å². The molecule has 0 aliphatic carbocycles. The molecule has 2 rings (SSSR count). The fourth-order valence-electron chi connectivity index (χ4n) is 1.93. The molecule has 0 unspecified atom stereocenters. The molecule has 0 atom stereocenters. The number of nitrogens with zero attached hydrogens (tertiary/aromatic N) is 1. The van der Waals surface area contributed by atoms with Crippen LogP contribution in [0.2, 0.25) is 0 Å². The maximum absolute atomic E-state index is 12.4. The van der Waals surface area contributed by atoms with E-state index in [4.69, 9.17) is 5.26 Å². The Morgan fingerprint density at radius 3 is 2.48 bits per heavy atom. The van der Waals surface area contributed by atoms with Gasteiger partial charge in [0.15, 0.2) is 0 Å². The van der Waals surface area contributed by atoms with E-state index < -0.39 is 5.91 Å². The molecular weight excluding hydrogens is 290 g/mol. The van der Waals surface area contributed by atoms with Gasteiger partial charge in [0, 0.05) is 12.6 Å². The van der Waals surface area contributed by atoms with E-state index in [0.717, 1.165) is 5.56 Å². The Morgan fingerprint density at radius 1 is 1.09 bits per heavy atom. The summed E-state index contributed by atoms with van der Waals surface area (Å²) in [4.78, 5) is 23.7. The van der Waals surface area contributed by atoms with Gasteiger partial charge in [0.05, 0.1) is 11.6 Å². The van der Waals surface area contributed by atoms with E-state index in [0.29, 0.717) is 11.3 Å². The zero-order valence-corrected chi connectivity index (χ0v) is 12.5. The Balaban J connectivity index is 2.25. The molecule has 0 fully saturated rings. The van der Waals surface area contributed by atoms with Crippen LogP contribution in [0.4, 0.5) is 5.69 Å². The highest BCUT2D eigenvalue weighted by atomic mass is 16.2. The largest absolute Gasteiger partial charge is 0.322 e. The quantitative estimate of drug-likeness (QED) is 0.852. The molecule has 0 spiro atoms. The molecule has 2 aromatic carbocycles. The number of amides is 2. The number of hydrogen-bond acceptors (Lipinski definition) is 3. The monoisotopic (exact) mass is 305 g/mol. The molecule has 0 aliphatic heterocycles. The molecule has 2 aromatic rings. The van der Waals surface area contributed by atoms with Crippen LogP contribution >= 0.6 is 0 Å². The van der Waals surface area contributed by atoms with E-state index in [-0.39, 0.29) is 11.6 Å². The molecule has 5 nitrogen and oxygen atoms in total. The van der Waals surface area contributed by atoms with Crippen LogP contribution in [0.3, 0.4) is 0 Å². The van der Waals surface area contributed by atoms with E-state index >= 15 is 0 Å². The van der Waals surface area contributed by atoms with Crippen molar-refractivity contribution in [2.75, 3.05) is 5.32 Å². The normalized spacial score (nSPS) is 10.5. The molecule has 0 radical (unpaired) electrons. The van der Waals surface area contributed by atoms with Crippen molar-refractivity contribution < 1.29 is 9.59 Å². The maximum atomic E-state index is 12.4. The molecule has 0 aliphatic rings. The third-order valence-corrected chi connectivity index (χ3v) is 2.92. The highest BCUT2D eigenvalue weighted by Crippen LogP contribution is 2.12. The van der Waals surface area contributed by atoms with Crippen molar-refractivity contribution in [1.29, 1.82) is 5.26 Å². The van der Waals surface area contributed by atoms with Gasteiger partial charge >= 0.3 is 0 Å². The van der Waals surface area contributed by atoms with Crippen molar-refractivity contribution in [2.45, 2.75) is 6.92 Å². The van der Waals surface area contributed by atoms with E-state index in [2.05, 4.69) is 10.6 Å². The molecular formula is C18H15N3O2. The Labute approximate surface area is 134 Å². The Bertz CT molecular complexity index is 789. The second kappa shape index (κ2) is 7.57. The molecule has 114 valence electrons. The Hall–Kier alpha value is -3.39. The van der Waals surface area contributed by atoms with Gasteiger partial charge in [0.2, 0.25) is 5.91 Å². The van der Waals surface area contributed by atoms with Gasteiger partial charge in [-0.3, -0.25) is 9.59 Å². The predicted molar refractivity (Wildman–Crippen MR) is 88.0 cm³/mol. The second-order valence-corrected chi connectivity index (χ2v) is 4.80. The topological polar surface area (TPSA) is 82.0 Å². The molecule has 0 saturated carbocycles. The Morgan fingerprint density at radius 2 is 1.83 bits per heavy atom. The van der Waals surface area contributed by atoms with Gasteiger partial charge in [-0.2, -0.15) is 5.26 Å². The van der Waals surface area contributed by atoms with Crippen molar-refractivity contribution in [1.82, 2.24) is 5.32 Å². The summed E-state index contributed by atoms with van der Waals surface area (Å²) in [6.07, 6.45) is 1.59. The van der Waals surface area contributed by atoms with Gasteiger partial charge in [-0.25, -0.2) is 0 Å². The van der Waals surface area contributed by atoms with Gasteiger partial charge in [-0.15, -0.1) is 0 Å². The second-order valence-electron chi connectivity index (χ2n) is 4.80. The van der Waals surface area contributed by atoms with Crippen LogP contribution in [0.25, 0.3) is 6.08 Å². The molecule has 0 aromatic heterocycles. The smallest absolute Gasteiger partial charge is 0.272 e. The fraction of sp³-hybridized carbons (Fsp3) is 0.0556. The molecule has 5 heteroatoms. The zero-order chi connectivity index (χ0) is 16.7. The number of hydrogen-bond donors (Lipinski definition) is 2. The summed E-state index contributed by atoms with van der Waals surface area (Å²) in [6.45, 7) is 1.34. The lowest BCUT2D eigenvalue weighted by atomic mass is 10.1. The first kappa shape index (κ1) is 16.0. The first-order valence-electron chi connectivity index (χ1n) is 6.94. The minimum Gasteiger partial charge on any atom is -0.322 e. The lowest BCUT2D eigenvalue weighted by Crippen LogP contribution is -2.28. The third-order valence-electron chi connectivity index (χ3n) is 2.92. The van der Waals surface area contributed by atoms with Crippen molar-refractivity contribution in [2.24, 2.45) is 0 Å². The number of nitrogens with one attached hydrogen (secondary N) is 2. The highest BCUT2D eigenvalue weighted by Gasteiger charge is 2.11. The standard InChI is InChI=1S/C18H15N3O2/c1-13(22)20-17(11-14-6-3-2-4-7-14)18(23)21-16-9-5-8-15(10-16)12-19/h2-11H,1H3,(H,20,22)(H,21,23)/b17-11-. The number of anilines is 1. The minimum atomic E-state index is -0.459. The first-order chi connectivity index (χ1) is 11.1. The fourth-order valence-corrected chi connectivity index (χ4v) is 1.93. The van der Waals surface area contributed by atoms with E-state index in [1.54, 1.807) is 30.3 Å². The summed E-state index contributed by atoms with van der Waals surface area (Å²) >= 11 is 0. The van der Waals surface area contributed by atoms with E-state index in [1.165, 1.54) is 6.92 Å². The average molecular weight is 305 g/mol. The Kier molecular flexibility index (Phi) is 5.26. The molecule has 2 N–H and O–H groups in total. The van der Waals surface area contributed by atoms with Crippen LogP contribution in [-0.2, 0) is 9.59 Å². The average Bonchev–Trinajstić information content (AvgIpc) is 2.55. The zero-order valence-electron chi connectivity index (χ0n) is 12.5. The molecule has 0 bridgehead atoms. The molecule has 0 saturated heterocycles. The van der Waals surface area contributed by atoms with Crippen LogP contribution in [0.15, 0.2) is 60.3 Å². The van der Waals surface area contributed by atoms with Crippen molar-refractivity contribution in [3.8, 4) is 6.07 Å². The SMILES string of the molecule is CC(=O)N/C(=C\c1ccccc1)C(=O)Nc1cccc(C#N)c1. The van der Waals surface area contributed by atoms with Gasteiger partial charge in [-0.1, -0.05) is 36.4 Å². The van der Waals surface area contributed by atoms with Gasteiger partial charge in [0.1, 0.15) is 5.70 Å². The van der Waals surface area contributed by atoms with Gasteiger partial charge in [0.25, 0.3) is 5.91 Å². The van der Waals surface area contributed by atoms with Crippen LogP contribution < -0.4 is 10.6 Å². The van der Waals surface area contributed by atoms with Gasteiger partial charge in [-0.05, 0) is 29.8 Å². The summed E-state index contributed by atoms with van der Waals surface area (Å²) in [5.41, 5.74) is 1.84. The number of carbonyl (C=O) groups excluding carboxylic acids is 2. The number of benzene rings is 2. The van der Waals surface area contributed by atoms with Gasteiger partial charge < -0.3 is 10.6 Å². The summed E-state index contributed by atoms with van der Waals surface area (Å²) in [6, 6.07) is 17.7. The van der Waals surface area contributed by atoms with Crippen LogP contribution in [-0.4, -0.2) is 11.8 Å². The first-order valence-corrected chi connectivity index (χ1v) is 6.94. The summed E-state index contributed by atoms with van der Waals surface area (Å²) in [5, 5.41) is 14.1. The number of nitriles is 1. The lowest BCUT2D eigenvalue weighted by molar-refractivity contribution is -0.120. The van der Waals surface area contributed by atoms with Crippen molar-refractivity contribution in [3.05, 3.63) is 71.4 Å². The summed E-state index contributed by atoms with van der Waals surface area (Å²) in [7, 11) is 0. The summed E-state index contributed by atoms with van der Waals surface area (Å²) in [5.74, 6) is -0.799. The summed E-state index contributed by atoms with van der Waals surface area (Å²) < 4.78 is 0. The van der Waals surface area contributed by atoms with Crippen molar-refractivity contribution >= 4 is 23.6 Å². The van der Waals surface area contributed by atoms with E-state index in [1.807, 2.05) is 36.4 Å².